The lowest BCUT2D eigenvalue weighted by Crippen LogP contribution is -2.22. The molecule has 0 fully saturated rings. The molecule has 1 N–H and O–H groups in total. The molecule has 0 aliphatic carbocycles. The van der Waals surface area contributed by atoms with Crippen LogP contribution in [0.5, 0.6) is 0 Å². The summed E-state index contributed by atoms with van der Waals surface area (Å²) >= 11 is 0. The van der Waals surface area contributed by atoms with Gasteiger partial charge in [-0.2, -0.15) is 0 Å². The van der Waals surface area contributed by atoms with E-state index in [1.54, 1.807) is 6.92 Å². The summed E-state index contributed by atoms with van der Waals surface area (Å²) in [6, 6.07) is 9.22. The lowest BCUT2D eigenvalue weighted by atomic mass is 10.2. The highest BCUT2D eigenvalue weighted by atomic mass is 16.5. The van der Waals surface area contributed by atoms with Gasteiger partial charge in [-0.3, -0.25) is 4.79 Å². The van der Waals surface area contributed by atoms with Crippen molar-refractivity contribution in [3.63, 3.8) is 0 Å². The summed E-state index contributed by atoms with van der Waals surface area (Å²) in [4.78, 5) is 30.1. The van der Waals surface area contributed by atoms with Gasteiger partial charge in [0.2, 0.25) is 0 Å². The molecule has 0 aliphatic rings. The number of benzene rings is 1. The van der Waals surface area contributed by atoms with Crippen LogP contribution in [0, 0.1) is 6.92 Å². The molecule has 0 saturated carbocycles. The summed E-state index contributed by atoms with van der Waals surface area (Å²) in [5.74, 6) is -0.244. The van der Waals surface area contributed by atoms with Crippen molar-refractivity contribution in [2.45, 2.75) is 6.92 Å². The Kier molecular flexibility index (Phi) is 3.23. The molecule has 0 bridgehead atoms. The average molecular weight is 244 g/mol. The first-order valence-corrected chi connectivity index (χ1v) is 5.38. The molecule has 2 aromatic rings. The lowest BCUT2D eigenvalue weighted by Gasteiger charge is -2.05. The third kappa shape index (κ3) is 2.15. The van der Waals surface area contributed by atoms with Crippen LogP contribution in [-0.2, 0) is 4.74 Å². The average Bonchev–Trinajstić information content (AvgIpc) is 2.38. The van der Waals surface area contributed by atoms with Crippen molar-refractivity contribution in [2.24, 2.45) is 0 Å². The first-order chi connectivity index (χ1) is 8.63. The van der Waals surface area contributed by atoms with E-state index in [9.17, 15) is 9.59 Å². The maximum Gasteiger partial charge on any atom is 0.345 e. The summed E-state index contributed by atoms with van der Waals surface area (Å²) in [5, 5.41) is 0. The lowest BCUT2D eigenvalue weighted by molar-refractivity contribution is 0.0597. The van der Waals surface area contributed by atoms with Gasteiger partial charge in [0.25, 0.3) is 5.56 Å². The number of aryl methyl sites for hydroxylation is 1. The quantitative estimate of drug-likeness (QED) is 0.813. The Morgan fingerprint density at radius 1 is 1.28 bits per heavy atom. The van der Waals surface area contributed by atoms with E-state index in [1.807, 2.05) is 30.3 Å². The van der Waals surface area contributed by atoms with E-state index in [1.165, 1.54) is 7.11 Å². The van der Waals surface area contributed by atoms with Crippen molar-refractivity contribution in [3.8, 4) is 11.4 Å². The number of aromatic amines is 1. The van der Waals surface area contributed by atoms with Crippen LogP contribution in [0.2, 0.25) is 0 Å². The molecule has 0 aliphatic heterocycles. The molecule has 0 unspecified atom stereocenters. The minimum absolute atomic E-state index is 0.0582. The summed E-state index contributed by atoms with van der Waals surface area (Å²) in [6.45, 7) is 1.61. The minimum Gasteiger partial charge on any atom is -0.465 e. The highest BCUT2D eigenvalue weighted by molar-refractivity contribution is 5.90. The smallest absolute Gasteiger partial charge is 0.345 e. The van der Waals surface area contributed by atoms with Crippen molar-refractivity contribution in [1.29, 1.82) is 0 Å². The molecule has 5 nitrogen and oxygen atoms in total. The van der Waals surface area contributed by atoms with Gasteiger partial charge >= 0.3 is 5.97 Å². The zero-order valence-electron chi connectivity index (χ0n) is 10.1. The van der Waals surface area contributed by atoms with Gasteiger partial charge in [-0.15, -0.1) is 0 Å². The third-order valence-corrected chi connectivity index (χ3v) is 2.54. The fourth-order valence-electron chi connectivity index (χ4n) is 1.66. The second-order valence-electron chi connectivity index (χ2n) is 3.73. The number of hydrogen-bond donors (Lipinski definition) is 1. The number of esters is 1. The van der Waals surface area contributed by atoms with Crippen LogP contribution in [-0.4, -0.2) is 23.0 Å². The molecule has 0 amide bonds. The van der Waals surface area contributed by atoms with Gasteiger partial charge in [-0.05, 0) is 6.92 Å². The van der Waals surface area contributed by atoms with Crippen LogP contribution in [0.25, 0.3) is 11.4 Å². The van der Waals surface area contributed by atoms with Crippen molar-refractivity contribution in [3.05, 3.63) is 51.9 Å². The normalized spacial score (nSPS) is 10.1. The van der Waals surface area contributed by atoms with Gasteiger partial charge in [0.05, 0.1) is 12.8 Å². The molecule has 0 radical (unpaired) electrons. The molecule has 92 valence electrons. The van der Waals surface area contributed by atoms with Gasteiger partial charge in [0.15, 0.2) is 0 Å². The number of H-pyrrole nitrogens is 1. The molecule has 0 saturated heterocycles. The monoisotopic (exact) mass is 244 g/mol. The fourth-order valence-corrected chi connectivity index (χ4v) is 1.66. The number of methoxy groups -OCH3 is 1. The predicted octanol–water partition coefficient (Wildman–Crippen LogP) is 1.53. The number of ether oxygens (including phenoxy) is 1. The third-order valence-electron chi connectivity index (χ3n) is 2.54. The van der Waals surface area contributed by atoms with Crippen molar-refractivity contribution in [2.75, 3.05) is 7.11 Å². The number of hydrogen-bond acceptors (Lipinski definition) is 4. The zero-order valence-corrected chi connectivity index (χ0v) is 10.1. The van der Waals surface area contributed by atoms with E-state index in [4.69, 9.17) is 0 Å². The number of carbonyl (C=O) groups is 1. The Labute approximate surface area is 103 Å². The molecule has 1 aromatic heterocycles. The van der Waals surface area contributed by atoms with Crippen LogP contribution in [0.1, 0.15) is 16.1 Å². The van der Waals surface area contributed by atoms with Gasteiger partial charge in [-0.25, -0.2) is 9.78 Å². The van der Waals surface area contributed by atoms with E-state index >= 15 is 0 Å². The van der Waals surface area contributed by atoms with Crippen molar-refractivity contribution in [1.82, 2.24) is 9.97 Å². The molecule has 1 aromatic carbocycles. The maximum atomic E-state index is 11.8. The summed E-state index contributed by atoms with van der Waals surface area (Å²) in [5.41, 5.74) is 0.587. The molecule has 0 atom stereocenters. The van der Waals surface area contributed by atoms with Gasteiger partial charge < -0.3 is 9.72 Å². The van der Waals surface area contributed by atoms with Crippen LogP contribution >= 0.6 is 0 Å². The Bertz CT molecular complexity index is 632. The molecule has 1 heterocycles. The highest BCUT2D eigenvalue weighted by Gasteiger charge is 2.16. The van der Waals surface area contributed by atoms with E-state index in [0.29, 0.717) is 11.5 Å². The number of nitrogens with one attached hydrogen (secondary N) is 1. The summed E-state index contributed by atoms with van der Waals surface area (Å²) < 4.78 is 4.54. The molecular formula is C13H12N2O3. The standard InChI is InChI=1S/C13H12N2O3/c1-8-10(13(17)18-2)12(16)15-11(14-8)9-6-4-3-5-7-9/h3-7H,1-2H3,(H,14,15,16). The minimum atomic E-state index is -0.680. The number of rotatable bonds is 2. The number of aromatic nitrogens is 2. The fraction of sp³-hybridized carbons (Fsp3) is 0.154. The first-order valence-electron chi connectivity index (χ1n) is 5.38. The number of nitrogens with zero attached hydrogens (tertiary/aromatic N) is 1. The molecule has 0 spiro atoms. The zero-order chi connectivity index (χ0) is 13.1. The highest BCUT2D eigenvalue weighted by Crippen LogP contribution is 2.13. The summed E-state index contributed by atoms with van der Waals surface area (Å²) in [7, 11) is 1.23. The van der Waals surface area contributed by atoms with Gasteiger partial charge in [0.1, 0.15) is 11.4 Å². The van der Waals surface area contributed by atoms with Crippen LogP contribution in [0.3, 0.4) is 0 Å². The SMILES string of the molecule is COC(=O)c1c(C)nc(-c2ccccc2)[nH]c1=O. The predicted molar refractivity (Wildman–Crippen MR) is 66.4 cm³/mol. The van der Waals surface area contributed by atoms with Crippen LogP contribution in [0.15, 0.2) is 35.1 Å². The second kappa shape index (κ2) is 4.83. The van der Waals surface area contributed by atoms with E-state index in [2.05, 4.69) is 14.7 Å². The van der Waals surface area contributed by atoms with Gasteiger partial charge in [-0.1, -0.05) is 30.3 Å². The van der Waals surface area contributed by atoms with E-state index in [-0.39, 0.29) is 5.56 Å². The first kappa shape index (κ1) is 12.0. The van der Waals surface area contributed by atoms with Crippen molar-refractivity contribution >= 4 is 5.97 Å². The Morgan fingerprint density at radius 2 is 1.94 bits per heavy atom. The van der Waals surface area contributed by atoms with Gasteiger partial charge in [0, 0.05) is 5.56 Å². The summed E-state index contributed by atoms with van der Waals surface area (Å²) in [6.07, 6.45) is 0. The number of carbonyl (C=O) groups excluding carboxylic acids is 1. The Morgan fingerprint density at radius 3 is 2.50 bits per heavy atom. The van der Waals surface area contributed by atoms with Crippen molar-refractivity contribution < 1.29 is 9.53 Å². The molecule has 2 rings (SSSR count). The Balaban J connectivity index is 2.57. The molecule has 5 heteroatoms. The van der Waals surface area contributed by atoms with E-state index in [0.717, 1.165) is 5.56 Å². The van der Waals surface area contributed by atoms with Crippen LogP contribution in [0.4, 0.5) is 0 Å². The Hall–Kier alpha value is -2.43. The maximum absolute atomic E-state index is 11.8. The second-order valence-corrected chi connectivity index (χ2v) is 3.73. The largest absolute Gasteiger partial charge is 0.465 e. The van der Waals surface area contributed by atoms with Crippen LogP contribution < -0.4 is 5.56 Å². The molecular weight excluding hydrogens is 232 g/mol. The topological polar surface area (TPSA) is 72.0 Å². The van der Waals surface area contributed by atoms with E-state index < -0.39 is 11.5 Å². The molecule has 18 heavy (non-hydrogen) atoms.